The van der Waals surface area contributed by atoms with Gasteiger partial charge in [0.25, 0.3) is 5.91 Å². The fourth-order valence-corrected chi connectivity index (χ4v) is 2.88. The number of nitrogens with one attached hydrogen (secondary N) is 1. The first kappa shape index (κ1) is 17.9. The van der Waals surface area contributed by atoms with E-state index in [2.05, 4.69) is 5.32 Å². The molecule has 2 aromatic rings. The van der Waals surface area contributed by atoms with Crippen LogP contribution in [-0.2, 0) is 20.9 Å². The zero-order valence-corrected chi connectivity index (χ0v) is 14.5. The van der Waals surface area contributed by atoms with Crippen LogP contribution in [0.2, 0.25) is 0 Å². The van der Waals surface area contributed by atoms with Crippen molar-refractivity contribution in [3.63, 3.8) is 0 Å². The van der Waals surface area contributed by atoms with Gasteiger partial charge in [0.05, 0.1) is 0 Å². The number of para-hydroxylation sites is 1. The van der Waals surface area contributed by atoms with Crippen LogP contribution in [0, 0.1) is 6.92 Å². The van der Waals surface area contributed by atoms with Crippen molar-refractivity contribution in [2.24, 2.45) is 0 Å². The lowest BCUT2D eigenvalue weighted by molar-refractivity contribution is -0.150. The fraction of sp³-hybridized carbons (Fsp3) is 0.300. The first-order valence-electron chi connectivity index (χ1n) is 8.50. The molecule has 1 aliphatic heterocycles. The van der Waals surface area contributed by atoms with Gasteiger partial charge in [0.2, 0.25) is 0 Å². The van der Waals surface area contributed by atoms with Crippen molar-refractivity contribution < 1.29 is 24.2 Å². The van der Waals surface area contributed by atoms with Crippen LogP contribution >= 0.6 is 0 Å². The second-order valence-electron chi connectivity index (χ2n) is 6.21. The van der Waals surface area contributed by atoms with E-state index in [0.717, 1.165) is 16.9 Å². The molecule has 1 fully saturated rings. The molecule has 1 aliphatic rings. The van der Waals surface area contributed by atoms with Crippen LogP contribution in [0.25, 0.3) is 0 Å². The van der Waals surface area contributed by atoms with E-state index in [0.29, 0.717) is 25.1 Å². The monoisotopic (exact) mass is 355 g/mol. The summed E-state index contributed by atoms with van der Waals surface area (Å²) in [7, 11) is 0. The molecular formula is C20H21NO5. The minimum Gasteiger partial charge on any atom is -0.489 e. The van der Waals surface area contributed by atoms with Gasteiger partial charge < -0.3 is 19.9 Å². The summed E-state index contributed by atoms with van der Waals surface area (Å²) >= 11 is 0. The molecule has 136 valence electrons. The van der Waals surface area contributed by atoms with Crippen molar-refractivity contribution in [3.8, 4) is 5.75 Å². The first-order chi connectivity index (χ1) is 12.5. The summed E-state index contributed by atoms with van der Waals surface area (Å²) in [6, 6.07) is 15.1. The Labute approximate surface area is 151 Å². The molecule has 1 heterocycles. The van der Waals surface area contributed by atoms with Crippen LogP contribution < -0.4 is 10.1 Å². The Kier molecular flexibility index (Phi) is 5.53. The smallest absolute Gasteiger partial charge is 0.332 e. The highest BCUT2D eigenvalue weighted by molar-refractivity contribution is 5.95. The van der Waals surface area contributed by atoms with Gasteiger partial charge in [-0.25, -0.2) is 4.79 Å². The minimum atomic E-state index is -1.03. The Hall–Kier alpha value is -2.86. The van der Waals surface area contributed by atoms with E-state index in [1.165, 1.54) is 0 Å². The molecular weight excluding hydrogens is 334 g/mol. The van der Waals surface area contributed by atoms with Crippen molar-refractivity contribution in [2.75, 3.05) is 5.32 Å². The third-order valence-electron chi connectivity index (χ3n) is 4.43. The fourth-order valence-electron chi connectivity index (χ4n) is 2.88. The maximum Gasteiger partial charge on any atom is 0.332 e. The molecule has 6 nitrogen and oxygen atoms in total. The third kappa shape index (κ3) is 4.21. The number of carbonyl (C=O) groups is 2. The highest BCUT2D eigenvalue weighted by atomic mass is 16.5. The third-order valence-corrected chi connectivity index (χ3v) is 4.43. The Morgan fingerprint density at radius 1 is 1.12 bits per heavy atom. The molecule has 1 amide bonds. The maximum absolute atomic E-state index is 12.4. The van der Waals surface area contributed by atoms with E-state index in [9.17, 15) is 9.59 Å². The molecule has 0 aromatic heterocycles. The van der Waals surface area contributed by atoms with Gasteiger partial charge in [-0.2, -0.15) is 0 Å². The molecule has 0 saturated carbocycles. The second kappa shape index (κ2) is 8.01. The summed E-state index contributed by atoms with van der Waals surface area (Å²) in [5.41, 5.74) is 2.54. The largest absolute Gasteiger partial charge is 0.489 e. The van der Waals surface area contributed by atoms with E-state index in [-0.39, 0.29) is 5.91 Å². The quantitative estimate of drug-likeness (QED) is 0.831. The van der Waals surface area contributed by atoms with Gasteiger partial charge in [-0.05, 0) is 49.1 Å². The maximum atomic E-state index is 12.4. The van der Waals surface area contributed by atoms with Crippen molar-refractivity contribution in [3.05, 3.63) is 59.7 Å². The summed E-state index contributed by atoms with van der Waals surface area (Å²) in [6.45, 7) is 2.30. The Bertz CT molecular complexity index is 790. The van der Waals surface area contributed by atoms with Gasteiger partial charge >= 0.3 is 5.97 Å². The SMILES string of the molecule is Cc1c(COc2ccccc2)cccc1NC(=O)[C@@H]1CC[C@H](C(=O)O)O1. The normalized spacial score (nSPS) is 19.1. The molecule has 0 bridgehead atoms. The number of ether oxygens (including phenoxy) is 2. The predicted octanol–water partition coefficient (Wildman–Crippen LogP) is 3.14. The number of benzene rings is 2. The molecule has 6 heteroatoms. The molecule has 0 aliphatic carbocycles. The number of carboxylic acids is 1. The molecule has 3 rings (SSSR count). The molecule has 1 saturated heterocycles. The number of aliphatic carboxylic acids is 1. The lowest BCUT2D eigenvalue weighted by atomic mass is 10.1. The van der Waals surface area contributed by atoms with Crippen LogP contribution in [0.5, 0.6) is 5.75 Å². The second-order valence-corrected chi connectivity index (χ2v) is 6.21. The zero-order valence-electron chi connectivity index (χ0n) is 14.5. The summed E-state index contributed by atoms with van der Waals surface area (Å²) in [4.78, 5) is 23.3. The lowest BCUT2D eigenvalue weighted by Gasteiger charge is -2.16. The van der Waals surface area contributed by atoms with E-state index in [1.807, 2.05) is 55.5 Å². The number of carbonyl (C=O) groups excluding carboxylic acids is 1. The zero-order chi connectivity index (χ0) is 18.5. The standard InChI is InChI=1S/C20H21NO5/c1-13-14(12-25-15-7-3-2-4-8-15)6-5-9-16(13)21-19(22)17-10-11-18(26-17)20(23)24/h2-9,17-18H,10-12H2,1H3,(H,21,22)(H,23,24)/t17-,18+/m0/s1. The Balaban J connectivity index is 1.63. The molecule has 0 radical (unpaired) electrons. The van der Waals surface area contributed by atoms with Crippen molar-refractivity contribution >= 4 is 17.6 Å². The Morgan fingerprint density at radius 2 is 1.85 bits per heavy atom. The lowest BCUT2D eigenvalue weighted by Crippen LogP contribution is -2.30. The molecule has 26 heavy (non-hydrogen) atoms. The highest BCUT2D eigenvalue weighted by Crippen LogP contribution is 2.24. The topological polar surface area (TPSA) is 84.9 Å². The summed E-state index contributed by atoms with van der Waals surface area (Å²) < 4.78 is 11.1. The predicted molar refractivity (Wildman–Crippen MR) is 96.1 cm³/mol. The van der Waals surface area contributed by atoms with E-state index >= 15 is 0 Å². The van der Waals surface area contributed by atoms with Crippen LogP contribution in [0.4, 0.5) is 5.69 Å². The number of rotatable bonds is 6. The number of carboxylic acid groups (broad SMARTS) is 1. The summed E-state index contributed by atoms with van der Waals surface area (Å²) in [5.74, 6) is -0.574. The van der Waals surface area contributed by atoms with Crippen LogP contribution in [0.1, 0.15) is 24.0 Å². The van der Waals surface area contributed by atoms with Gasteiger partial charge in [0.15, 0.2) is 6.10 Å². The van der Waals surface area contributed by atoms with Crippen molar-refractivity contribution in [2.45, 2.75) is 38.6 Å². The molecule has 2 atom stereocenters. The summed E-state index contributed by atoms with van der Waals surface area (Å²) in [5, 5.41) is 11.8. The average molecular weight is 355 g/mol. The van der Waals surface area contributed by atoms with Crippen LogP contribution in [-0.4, -0.2) is 29.2 Å². The number of anilines is 1. The van der Waals surface area contributed by atoms with Crippen LogP contribution in [0.3, 0.4) is 0 Å². The number of hydrogen-bond donors (Lipinski definition) is 2. The van der Waals surface area contributed by atoms with Crippen molar-refractivity contribution in [1.29, 1.82) is 0 Å². The van der Waals surface area contributed by atoms with E-state index in [4.69, 9.17) is 14.6 Å². The minimum absolute atomic E-state index is 0.321. The van der Waals surface area contributed by atoms with Crippen LogP contribution in [0.15, 0.2) is 48.5 Å². The average Bonchev–Trinajstić information content (AvgIpc) is 3.14. The molecule has 2 N–H and O–H groups in total. The van der Waals surface area contributed by atoms with Crippen molar-refractivity contribution in [1.82, 2.24) is 0 Å². The van der Waals surface area contributed by atoms with Gasteiger partial charge in [-0.3, -0.25) is 4.79 Å². The first-order valence-corrected chi connectivity index (χ1v) is 8.50. The molecule has 0 unspecified atom stereocenters. The van der Waals surface area contributed by atoms with E-state index < -0.39 is 18.2 Å². The van der Waals surface area contributed by atoms with Gasteiger partial charge in [0, 0.05) is 5.69 Å². The van der Waals surface area contributed by atoms with E-state index in [1.54, 1.807) is 0 Å². The Morgan fingerprint density at radius 3 is 2.54 bits per heavy atom. The number of amides is 1. The number of hydrogen-bond acceptors (Lipinski definition) is 4. The summed E-state index contributed by atoms with van der Waals surface area (Å²) in [6.07, 6.45) is -0.895. The van der Waals surface area contributed by atoms with Gasteiger partial charge in [-0.15, -0.1) is 0 Å². The molecule has 2 aromatic carbocycles. The molecule has 0 spiro atoms. The van der Waals surface area contributed by atoms with Gasteiger partial charge in [-0.1, -0.05) is 30.3 Å². The highest BCUT2D eigenvalue weighted by Gasteiger charge is 2.34. The van der Waals surface area contributed by atoms with Gasteiger partial charge in [0.1, 0.15) is 18.5 Å².